The maximum Gasteiger partial charge on any atom is 0.460 e. The Labute approximate surface area is 712 Å². The van der Waals surface area contributed by atoms with Gasteiger partial charge in [0, 0.05) is 55.0 Å². The number of carbonyl (C=O) groups excluding carboxylic acids is 8. The highest BCUT2D eigenvalue weighted by Crippen LogP contribution is 2.65. The molecule has 1 saturated heterocycles. The predicted molar refractivity (Wildman–Crippen MR) is 393 cm³/mol. The minimum atomic E-state index is -9.01. The number of ether oxygens (including phenoxy) is 5. The highest BCUT2D eigenvalue weighted by molar-refractivity contribution is 6.32. The van der Waals surface area contributed by atoms with E-state index < -0.39 is 329 Å². The van der Waals surface area contributed by atoms with Crippen molar-refractivity contribution in [2.75, 3.05) is 6.61 Å². The van der Waals surface area contributed by atoms with Crippen molar-refractivity contribution in [2.45, 2.75) is 153 Å². The van der Waals surface area contributed by atoms with Crippen LogP contribution in [-0.4, -0.2) is 201 Å². The van der Waals surface area contributed by atoms with Crippen LogP contribution in [0.4, 0.5) is 74.6 Å². The second-order valence-electron chi connectivity index (χ2n) is 29.3. The van der Waals surface area contributed by atoms with E-state index in [0.717, 1.165) is 85.8 Å². The van der Waals surface area contributed by atoms with Gasteiger partial charge in [-0.25, -0.2) is 4.79 Å². The van der Waals surface area contributed by atoms with E-state index in [1.54, 1.807) is 5.32 Å². The first-order chi connectivity index (χ1) is 59.4. The van der Waals surface area contributed by atoms with E-state index in [4.69, 9.17) is 46.9 Å². The van der Waals surface area contributed by atoms with Crippen molar-refractivity contribution in [1.82, 2.24) is 42.5 Å². The number of rotatable bonds is 15. The number of hydrogen-bond donors (Lipinski definition) is 18. The van der Waals surface area contributed by atoms with Crippen LogP contribution < -0.4 is 56.7 Å². The molecule has 7 aromatic rings. The molecule has 14 rings (SSSR count). The predicted octanol–water partition coefficient (Wildman–Crippen LogP) is 8.90. The Bertz CT molecular complexity index is 5670. The molecular formula is C77H61Cl2F17N8O24. The standard InChI is InChI=1S/C77H61Cl2F17N8O24/c1-25(106)97-56-60(115)59(114)48(24-105)127-69(56)128-61-29-5-9-44(38(79)17-29)126-47-20-31-19-46(58(47)113)125-43-8-2-26(12-37(43)78)13-39-62(116)100-53(65(119)102-54(31)66(120)101-52-27-3-6-40(109)35(16-27)50-36(22-33(108)23-42(50)111)55(68(122)123)103-67(121)57(61)104-64(52)118)30-14-32(107)21-34(15-30)124-45-18-28(4-7-41(45)110)51(63(117)98-39)99-49(112)10-11-70(80,81)71(82,83)72(84,85)73(86,87)74(88,89)75(90,91)76(92,93)77(94,95)96/h2-9,12,14-23,39,48,51-57,59-61,69,105,107-111,113-115H,10-11,13,24H2,1H3,(H,97,106)(H,98,117)(H,99,112)(H,100,116)(H,101,120)(H,102,119)(H,103,121)(H,104,118)(H,122,123)/t39-,48+,51+,52+,53-,54+,55+,56+,57-,59+,60+,61+,69-/m0/s1. The molecule has 7 aromatic carbocycles. The number of fused-ring (bicyclic) bond motifs is 14. The first kappa shape index (κ1) is 94.3. The first-order valence-corrected chi connectivity index (χ1v) is 37.3. The minimum Gasteiger partial charge on any atom is -0.508 e. The molecule has 1 fully saturated rings. The van der Waals surface area contributed by atoms with Gasteiger partial charge in [0.2, 0.25) is 53.0 Å². The molecule has 13 atom stereocenters. The normalized spacial score (nSPS) is 23.3. The second-order valence-corrected chi connectivity index (χ2v) is 30.1. The summed E-state index contributed by atoms with van der Waals surface area (Å²) in [6.45, 7) is -0.187. The topological polar surface area (TPSA) is 498 Å². The summed E-state index contributed by atoms with van der Waals surface area (Å²) >= 11 is 13.9. The van der Waals surface area contributed by atoms with E-state index in [1.165, 1.54) is 0 Å². The highest BCUT2D eigenvalue weighted by Gasteiger charge is 2.95. The molecule has 8 amide bonds. The van der Waals surface area contributed by atoms with E-state index in [0.29, 0.717) is 36.4 Å². The van der Waals surface area contributed by atoms with Crippen LogP contribution in [0.15, 0.2) is 115 Å². The molecule has 51 heteroatoms. The number of carboxylic acids is 1. The van der Waals surface area contributed by atoms with Gasteiger partial charge in [-0.1, -0.05) is 47.5 Å². The lowest BCUT2D eigenvalue weighted by atomic mass is 9.88. The van der Waals surface area contributed by atoms with Crippen molar-refractivity contribution in [2.24, 2.45) is 0 Å². The Morgan fingerprint density at radius 1 is 0.500 bits per heavy atom. The number of aliphatic carboxylic acids is 1. The molecule has 686 valence electrons. The lowest BCUT2D eigenvalue weighted by Gasteiger charge is -2.44. The van der Waals surface area contributed by atoms with E-state index in [-0.39, 0.29) is 5.56 Å². The molecule has 32 nitrogen and oxygen atoms in total. The Morgan fingerprint density at radius 3 is 1.62 bits per heavy atom. The number of carboxylic acid groups (broad SMARTS) is 1. The van der Waals surface area contributed by atoms with E-state index in [1.807, 2.05) is 0 Å². The van der Waals surface area contributed by atoms with Crippen LogP contribution in [0, 0.1) is 0 Å². The molecule has 7 aliphatic rings. The van der Waals surface area contributed by atoms with Crippen molar-refractivity contribution >= 4 is 76.4 Å². The monoisotopic (exact) mass is 1870 g/mol. The number of phenols is 6. The van der Waals surface area contributed by atoms with Crippen LogP contribution in [0.25, 0.3) is 11.1 Å². The van der Waals surface area contributed by atoms with Gasteiger partial charge in [-0.2, -0.15) is 74.6 Å². The summed E-state index contributed by atoms with van der Waals surface area (Å²) < 4.78 is 274. The summed E-state index contributed by atoms with van der Waals surface area (Å²) in [5, 5.41) is 130. The number of aromatic hydroxyl groups is 6. The Balaban J connectivity index is 0.994. The van der Waals surface area contributed by atoms with Crippen LogP contribution in [0.1, 0.15) is 95.0 Å². The number of amides is 8. The smallest absolute Gasteiger partial charge is 0.460 e. The highest BCUT2D eigenvalue weighted by atomic mass is 35.5. The Morgan fingerprint density at radius 2 is 1.03 bits per heavy atom. The number of hydrogen-bond acceptors (Lipinski definition) is 23. The number of carbonyl (C=O) groups is 9. The van der Waals surface area contributed by atoms with E-state index in [2.05, 4.69) is 37.2 Å². The number of halogens is 19. The quantitative estimate of drug-likeness (QED) is 0.0426. The molecule has 0 aromatic heterocycles. The summed E-state index contributed by atoms with van der Waals surface area (Å²) in [6.07, 6.45) is -25.4. The summed E-state index contributed by atoms with van der Waals surface area (Å²) in [7, 11) is 0. The minimum absolute atomic E-state index is 0.214. The van der Waals surface area contributed by atoms with Gasteiger partial charge in [0.1, 0.15) is 107 Å². The number of nitrogens with one attached hydrogen (secondary N) is 8. The summed E-state index contributed by atoms with van der Waals surface area (Å²) in [5.41, 5.74) is -5.46. The van der Waals surface area contributed by atoms with Crippen molar-refractivity contribution in [3.63, 3.8) is 0 Å². The molecule has 17 bridgehead atoms. The summed E-state index contributed by atoms with van der Waals surface area (Å²) in [6, 6.07) is -4.11. The SMILES string of the molecule is CC(=O)N[C@H]1[C@H](O[C@@H]2c3ccc(c(Cl)c3)Oc3cc4cc(c3O)Oc3ccc(cc3Cl)C[C@@H]3NC(=O)[C@H](NC(=O)CCC(F)(F)C(F)(F)C(F)(F)C(F)(F)C(F)(F)C(F)(F)C(F)(F)C(F)(F)F)c5ccc(O)c(c5)Oc5cc(O)cc(c5)[C@H](NC3=O)C(=O)N[C@H]4C(=O)N[C@H]3C(=O)N[C@@H]2C(=O)N[C@@H](C(=O)O)c2cc(O)cc(O)c2-c2cc3ccc2O)O[C@H](CO)[C@@H](O)[C@@H]1O. The lowest BCUT2D eigenvalue weighted by molar-refractivity contribution is -0.461. The second kappa shape index (κ2) is 34.4. The van der Waals surface area contributed by atoms with Gasteiger partial charge in [0.25, 0.3) is 0 Å². The van der Waals surface area contributed by atoms with Crippen molar-refractivity contribution in [3.8, 4) is 80.1 Å². The molecular weight excluding hydrogens is 1810 g/mol. The maximum atomic E-state index is 16.2. The van der Waals surface area contributed by atoms with Crippen LogP contribution in [0.5, 0.6) is 69.0 Å². The number of aliphatic hydroxyl groups excluding tert-OH is 3. The van der Waals surface area contributed by atoms with Gasteiger partial charge in [-0.05, 0) is 112 Å². The summed E-state index contributed by atoms with van der Waals surface area (Å²) in [4.78, 5) is 135. The van der Waals surface area contributed by atoms with E-state index in [9.17, 15) is 123 Å². The molecule has 7 aliphatic heterocycles. The molecule has 0 aliphatic carbocycles. The molecule has 0 saturated carbocycles. The van der Waals surface area contributed by atoms with Gasteiger partial charge >= 0.3 is 53.6 Å². The molecule has 0 spiro atoms. The third kappa shape index (κ3) is 17.4. The number of aliphatic hydroxyl groups is 3. The van der Waals surface area contributed by atoms with Crippen LogP contribution >= 0.6 is 23.2 Å². The Kier molecular flexibility index (Phi) is 25.3. The van der Waals surface area contributed by atoms with Crippen LogP contribution in [0.3, 0.4) is 0 Å². The third-order valence-electron chi connectivity index (χ3n) is 20.7. The number of alkyl halides is 17. The van der Waals surface area contributed by atoms with Crippen LogP contribution in [0.2, 0.25) is 10.0 Å². The average molecular weight is 1880 g/mol. The molecule has 18 N–H and O–H groups in total. The van der Waals surface area contributed by atoms with Gasteiger partial charge in [-0.3, -0.25) is 38.4 Å². The fourth-order valence-corrected chi connectivity index (χ4v) is 14.6. The van der Waals surface area contributed by atoms with Crippen molar-refractivity contribution < 1.29 is 193 Å². The van der Waals surface area contributed by atoms with Crippen molar-refractivity contribution in [3.05, 3.63) is 164 Å². The fraction of sp³-hybridized carbons (Fsp3) is 0.338. The zero-order chi connectivity index (χ0) is 94.4. The Hall–Kier alpha value is -12.8. The van der Waals surface area contributed by atoms with Gasteiger partial charge < -0.3 is 117 Å². The molecule has 0 radical (unpaired) electrons. The van der Waals surface area contributed by atoms with E-state index >= 15 is 46.3 Å². The van der Waals surface area contributed by atoms with Gasteiger partial charge in [-0.15, -0.1) is 0 Å². The maximum absolute atomic E-state index is 16.2. The third-order valence-corrected chi connectivity index (χ3v) is 21.3. The fourth-order valence-electron chi connectivity index (χ4n) is 14.1. The first-order valence-electron chi connectivity index (χ1n) is 36.6. The lowest BCUT2D eigenvalue weighted by Crippen LogP contribution is -2.74. The van der Waals surface area contributed by atoms with Gasteiger partial charge in [0.15, 0.2) is 35.3 Å². The number of benzene rings is 7. The number of phenolic OH excluding ortho intramolecular Hbond substituents is 6. The average Bonchev–Trinajstić information content (AvgIpc) is 0.692. The zero-order valence-corrected chi connectivity index (χ0v) is 65.2. The molecule has 0 unspecified atom stereocenters. The largest absolute Gasteiger partial charge is 0.508 e. The summed E-state index contributed by atoms with van der Waals surface area (Å²) in [5.74, 6) is -85.3. The van der Waals surface area contributed by atoms with Crippen molar-refractivity contribution in [1.29, 1.82) is 0 Å². The zero-order valence-electron chi connectivity index (χ0n) is 63.7. The van der Waals surface area contributed by atoms with Gasteiger partial charge in [0.05, 0.1) is 16.7 Å². The molecule has 128 heavy (non-hydrogen) atoms. The molecule has 7 heterocycles. The van der Waals surface area contributed by atoms with Crippen LogP contribution in [-0.2, 0) is 59.0 Å².